The molecule has 1 aromatic carbocycles. The first-order valence-electron chi connectivity index (χ1n) is 7.23. The van der Waals surface area contributed by atoms with E-state index in [-0.39, 0.29) is 11.4 Å². The van der Waals surface area contributed by atoms with Gasteiger partial charge in [0.1, 0.15) is 0 Å². The van der Waals surface area contributed by atoms with Gasteiger partial charge in [-0.1, -0.05) is 17.9 Å². The minimum absolute atomic E-state index is 0.00484. The van der Waals surface area contributed by atoms with Gasteiger partial charge in [0.05, 0.1) is 6.54 Å². The third-order valence-electron chi connectivity index (χ3n) is 4.05. The molecule has 0 radical (unpaired) electrons. The van der Waals surface area contributed by atoms with Crippen molar-refractivity contribution in [2.75, 3.05) is 33.2 Å². The lowest BCUT2D eigenvalue weighted by Crippen LogP contribution is -2.58. The quantitative estimate of drug-likeness (QED) is 0.788. The molecule has 0 unspecified atom stereocenters. The molecule has 2 rings (SSSR count). The molecule has 1 aliphatic rings. The third kappa shape index (κ3) is 3.63. The van der Waals surface area contributed by atoms with E-state index >= 15 is 0 Å². The summed E-state index contributed by atoms with van der Waals surface area (Å²) in [6.45, 7) is 7.04. The van der Waals surface area contributed by atoms with Gasteiger partial charge in [0.15, 0.2) is 0 Å². The zero-order valence-electron chi connectivity index (χ0n) is 13.0. The number of piperazine rings is 1. The van der Waals surface area contributed by atoms with Crippen LogP contribution in [0, 0.1) is 11.8 Å². The Bertz CT molecular complexity index is 583. The average Bonchev–Trinajstić information content (AvgIpc) is 2.47. The second-order valence-electron chi connectivity index (χ2n) is 6.05. The van der Waals surface area contributed by atoms with Gasteiger partial charge in [0.2, 0.25) is 0 Å². The van der Waals surface area contributed by atoms with E-state index in [2.05, 4.69) is 37.6 Å². The van der Waals surface area contributed by atoms with Gasteiger partial charge in [-0.25, -0.2) is 0 Å². The molecule has 1 saturated heterocycles. The van der Waals surface area contributed by atoms with Crippen molar-refractivity contribution in [2.45, 2.75) is 19.4 Å². The fraction of sp³-hybridized carbons (Fsp3) is 0.471. The number of nitrogens with two attached hydrogens (primary N) is 1. The summed E-state index contributed by atoms with van der Waals surface area (Å²) in [6.07, 6.45) is 0. The van der Waals surface area contributed by atoms with Crippen LogP contribution in [0.25, 0.3) is 0 Å². The fourth-order valence-corrected chi connectivity index (χ4v) is 2.48. The first kappa shape index (κ1) is 15.6. The monoisotopic (exact) mass is 285 g/mol. The summed E-state index contributed by atoms with van der Waals surface area (Å²) in [6, 6.07) is 7.46. The molecule has 112 valence electrons. The van der Waals surface area contributed by atoms with Gasteiger partial charge in [-0.05, 0) is 39.1 Å². The molecule has 0 spiro atoms. The Kier molecular flexibility index (Phi) is 4.66. The SMILES string of the molecule is CN1CCN(C(=O)c2cccc(C#CCN)c2)CC1(C)C. The van der Waals surface area contributed by atoms with E-state index < -0.39 is 0 Å². The summed E-state index contributed by atoms with van der Waals surface area (Å²) >= 11 is 0. The molecule has 0 aliphatic carbocycles. The molecule has 0 atom stereocenters. The Balaban J connectivity index is 2.17. The average molecular weight is 285 g/mol. The van der Waals surface area contributed by atoms with Gasteiger partial charge in [-0.2, -0.15) is 0 Å². The molecule has 0 saturated carbocycles. The standard InChI is InChI=1S/C17H23N3O/c1-17(2)13-20(11-10-19(17)3)16(21)15-8-4-6-14(12-15)7-5-9-18/h4,6,8,12H,9-11,13,18H2,1-3H3. The Morgan fingerprint density at radius 2 is 2.14 bits per heavy atom. The number of likely N-dealkylation sites (N-methyl/N-ethyl adjacent to an activating group) is 1. The molecule has 1 amide bonds. The minimum Gasteiger partial charge on any atom is -0.336 e. The highest BCUT2D eigenvalue weighted by Gasteiger charge is 2.33. The van der Waals surface area contributed by atoms with Gasteiger partial charge in [-0.3, -0.25) is 9.69 Å². The Morgan fingerprint density at radius 3 is 2.81 bits per heavy atom. The summed E-state index contributed by atoms with van der Waals surface area (Å²) in [4.78, 5) is 16.9. The lowest BCUT2D eigenvalue weighted by Gasteiger charge is -2.45. The van der Waals surface area contributed by atoms with E-state index in [0.29, 0.717) is 12.1 Å². The zero-order valence-corrected chi connectivity index (χ0v) is 13.0. The number of hydrogen-bond donors (Lipinski definition) is 1. The molecule has 4 nitrogen and oxygen atoms in total. The number of hydrogen-bond acceptors (Lipinski definition) is 3. The minimum atomic E-state index is 0.00484. The lowest BCUT2D eigenvalue weighted by molar-refractivity contribution is 0.0311. The van der Waals surface area contributed by atoms with Crippen LogP contribution in [0.1, 0.15) is 29.8 Å². The molecule has 1 heterocycles. The molecule has 2 N–H and O–H groups in total. The van der Waals surface area contributed by atoms with Crippen LogP contribution < -0.4 is 5.73 Å². The predicted octanol–water partition coefficient (Wildman–Crippen LogP) is 1.16. The van der Waals surface area contributed by atoms with Crippen LogP contribution in [0.15, 0.2) is 24.3 Å². The Morgan fingerprint density at radius 1 is 1.38 bits per heavy atom. The predicted molar refractivity (Wildman–Crippen MR) is 85.0 cm³/mol. The maximum atomic E-state index is 12.7. The summed E-state index contributed by atoms with van der Waals surface area (Å²) in [5.74, 6) is 5.86. The molecule has 1 aliphatic heterocycles. The number of rotatable bonds is 1. The van der Waals surface area contributed by atoms with Crippen molar-refractivity contribution in [3.63, 3.8) is 0 Å². The van der Waals surface area contributed by atoms with Crippen molar-refractivity contribution < 1.29 is 4.79 Å². The molecule has 0 aromatic heterocycles. The normalized spacial score (nSPS) is 18.0. The van der Waals surface area contributed by atoms with Gasteiger partial charge in [0.25, 0.3) is 5.91 Å². The highest BCUT2D eigenvalue weighted by molar-refractivity contribution is 5.94. The Labute approximate surface area is 126 Å². The zero-order chi connectivity index (χ0) is 15.5. The second kappa shape index (κ2) is 6.30. The molecule has 4 heteroatoms. The summed E-state index contributed by atoms with van der Waals surface area (Å²) in [7, 11) is 2.10. The van der Waals surface area contributed by atoms with E-state index in [9.17, 15) is 4.79 Å². The summed E-state index contributed by atoms with van der Waals surface area (Å²) in [5, 5.41) is 0. The third-order valence-corrected chi connectivity index (χ3v) is 4.05. The lowest BCUT2D eigenvalue weighted by atomic mass is 9.99. The maximum absolute atomic E-state index is 12.7. The van der Waals surface area contributed by atoms with Crippen LogP contribution in [0.3, 0.4) is 0 Å². The summed E-state index contributed by atoms with van der Waals surface area (Å²) < 4.78 is 0. The van der Waals surface area contributed by atoms with Crippen LogP contribution in [0.5, 0.6) is 0 Å². The number of carbonyl (C=O) groups is 1. The van der Waals surface area contributed by atoms with E-state index in [1.807, 2.05) is 29.2 Å². The van der Waals surface area contributed by atoms with Gasteiger partial charge in [0, 0.05) is 36.3 Å². The van der Waals surface area contributed by atoms with E-state index in [1.54, 1.807) is 0 Å². The number of amides is 1. The largest absolute Gasteiger partial charge is 0.336 e. The van der Waals surface area contributed by atoms with E-state index in [1.165, 1.54) is 0 Å². The summed E-state index contributed by atoms with van der Waals surface area (Å²) in [5.41, 5.74) is 6.91. The second-order valence-corrected chi connectivity index (χ2v) is 6.05. The van der Waals surface area contributed by atoms with Crippen molar-refractivity contribution in [1.82, 2.24) is 9.80 Å². The molecular weight excluding hydrogens is 262 g/mol. The highest BCUT2D eigenvalue weighted by Crippen LogP contribution is 2.20. The fourth-order valence-electron chi connectivity index (χ4n) is 2.48. The number of carbonyl (C=O) groups excluding carboxylic acids is 1. The molecule has 1 fully saturated rings. The van der Waals surface area contributed by atoms with Crippen LogP contribution in [0.2, 0.25) is 0 Å². The van der Waals surface area contributed by atoms with Gasteiger partial charge < -0.3 is 10.6 Å². The number of benzene rings is 1. The maximum Gasteiger partial charge on any atom is 0.254 e. The topological polar surface area (TPSA) is 49.6 Å². The first-order chi connectivity index (χ1) is 9.94. The molecule has 1 aromatic rings. The van der Waals surface area contributed by atoms with Gasteiger partial charge >= 0.3 is 0 Å². The van der Waals surface area contributed by atoms with Crippen LogP contribution in [-0.4, -0.2) is 54.5 Å². The van der Waals surface area contributed by atoms with Crippen molar-refractivity contribution in [2.24, 2.45) is 5.73 Å². The molecule has 21 heavy (non-hydrogen) atoms. The van der Waals surface area contributed by atoms with Crippen molar-refractivity contribution in [3.05, 3.63) is 35.4 Å². The van der Waals surface area contributed by atoms with Crippen molar-refractivity contribution >= 4 is 5.91 Å². The van der Waals surface area contributed by atoms with E-state index in [0.717, 1.165) is 25.2 Å². The van der Waals surface area contributed by atoms with Crippen molar-refractivity contribution in [1.29, 1.82) is 0 Å². The van der Waals surface area contributed by atoms with Crippen LogP contribution in [0.4, 0.5) is 0 Å². The smallest absolute Gasteiger partial charge is 0.254 e. The first-order valence-corrected chi connectivity index (χ1v) is 7.23. The molecule has 0 bridgehead atoms. The van der Waals surface area contributed by atoms with Crippen LogP contribution in [-0.2, 0) is 0 Å². The van der Waals surface area contributed by atoms with Crippen LogP contribution >= 0.6 is 0 Å². The molecular formula is C17H23N3O. The van der Waals surface area contributed by atoms with Gasteiger partial charge in [-0.15, -0.1) is 0 Å². The Hall–Kier alpha value is -1.83. The van der Waals surface area contributed by atoms with E-state index in [4.69, 9.17) is 5.73 Å². The number of nitrogens with zero attached hydrogens (tertiary/aromatic N) is 2. The highest BCUT2D eigenvalue weighted by atomic mass is 16.2. The van der Waals surface area contributed by atoms with Crippen molar-refractivity contribution in [3.8, 4) is 11.8 Å².